The first-order valence-electron chi connectivity index (χ1n) is 5.70. The Kier molecular flexibility index (Phi) is 7.64. The quantitative estimate of drug-likeness (QED) is 0.488. The molecule has 0 fully saturated rings. The predicted octanol–water partition coefficient (Wildman–Crippen LogP) is 4.64. The van der Waals surface area contributed by atoms with Gasteiger partial charge in [-0.15, -0.1) is 0 Å². The molecule has 0 aromatic rings. The third-order valence-electron chi connectivity index (χ3n) is 3.04. The molecule has 2 atom stereocenters. The van der Waals surface area contributed by atoms with Gasteiger partial charge in [0, 0.05) is 0 Å². The molecule has 0 aromatic carbocycles. The molecule has 0 aliphatic carbocycles. The molecule has 0 N–H and O–H groups in total. The Morgan fingerprint density at radius 1 is 0.750 bits per heavy atom. The molecule has 0 nitrogen and oxygen atoms in total. The summed E-state index contributed by atoms with van der Waals surface area (Å²) in [5.41, 5.74) is 0. The fraction of sp³-hybridized carbons (Fsp3) is 1.00. The van der Waals surface area contributed by atoms with Gasteiger partial charge < -0.3 is 0 Å². The number of hydrogen-bond donors (Lipinski definition) is 0. The minimum Gasteiger partial charge on any atom is -0.0651 e. The third-order valence-corrected chi connectivity index (χ3v) is 3.04. The van der Waals surface area contributed by atoms with Gasteiger partial charge >= 0.3 is 0 Å². The second kappa shape index (κ2) is 7.64. The summed E-state index contributed by atoms with van der Waals surface area (Å²) in [7, 11) is 0. The normalized spacial score (nSPS) is 16.0. The third kappa shape index (κ3) is 6.69. The minimum absolute atomic E-state index is 0.946. The van der Waals surface area contributed by atoms with Crippen LogP contribution in [-0.4, -0.2) is 0 Å². The zero-order valence-electron chi connectivity index (χ0n) is 9.40. The summed E-state index contributed by atoms with van der Waals surface area (Å²) in [4.78, 5) is 0. The lowest BCUT2D eigenvalue weighted by molar-refractivity contribution is 0.436. The molecule has 2 unspecified atom stereocenters. The predicted molar refractivity (Wildman–Crippen MR) is 57.4 cm³/mol. The monoisotopic (exact) mass is 170 g/mol. The summed E-state index contributed by atoms with van der Waals surface area (Å²) in [5, 5.41) is 0. The van der Waals surface area contributed by atoms with Gasteiger partial charge in [0.25, 0.3) is 0 Å². The Morgan fingerprint density at radius 2 is 1.08 bits per heavy atom. The van der Waals surface area contributed by atoms with Crippen molar-refractivity contribution in [2.75, 3.05) is 0 Å². The highest BCUT2D eigenvalue weighted by molar-refractivity contribution is 4.54. The number of unbranched alkanes of at least 4 members (excludes halogenated alkanes) is 1. The van der Waals surface area contributed by atoms with Gasteiger partial charge in [-0.05, 0) is 11.8 Å². The highest BCUT2D eigenvalue weighted by Gasteiger charge is 2.00. The molecule has 74 valence electrons. The van der Waals surface area contributed by atoms with Crippen LogP contribution in [0.5, 0.6) is 0 Å². The molecule has 12 heavy (non-hydrogen) atoms. The number of rotatable bonds is 7. The van der Waals surface area contributed by atoms with Gasteiger partial charge in [0.05, 0.1) is 0 Å². The highest BCUT2D eigenvalue weighted by Crippen LogP contribution is 2.16. The lowest BCUT2D eigenvalue weighted by atomic mass is 9.97. The van der Waals surface area contributed by atoms with Crippen LogP contribution in [0.1, 0.15) is 66.2 Å². The van der Waals surface area contributed by atoms with Gasteiger partial charge in [0.15, 0.2) is 0 Å². The fourth-order valence-electron chi connectivity index (χ4n) is 1.39. The second-order valence-electron chi connectivity index (χ2n) is 4.31. The Labute approximate surface area is 78.8 Å². The molecule has 0 aromatic heterocycles. The summed E-state index contributed by atoms with van der Waals surface area (Å²) in [5.74, 6) is 1.89. The molecular formula is C12H26. The van der Waals surface area contributed by atoms with Crippen LogP contribution in [-0.2, 0) is 0 Å². The van der Waals surface area contributed by atoms with Crippen LogP contribution in [0.2, 0.25) is 0 Å². The second-order valence-corrected chi connectivity index (χ2v) is 4.31. The summed E-state index contributed by atoms with van der Waals surface area (Å²) in [6.07, 6.45) is 8.46. The van der Waals surface area contributed by atoms with Crippen molar-refractivity contribution in [2.45, 2.75) is 66.2 Å². The maximum atomic E-state index is 2.36. The Hall–Kier alpha value is 0. The van der Waals surface area contributed by atoms with Crippen molar-refractivity contribution in [3.8, 4) is 0 Å². The van der Waals surface area contributed by atoms with E-state index in [0.29, 0.717) is 0 Å². The van der Waals surface area contributed by atoms with E-state index >= 15 is 0 Å². The smallest absolute Gasteiger partial charge is 0.0445 e. The Balaban J connectivity index is 3.10. The van der Waals surface area contributed by atoms with Crippen LogP contribution in [0.25, 0.3) is 0 Å². The van der Waals surface area contributed by atoms with E-state index in [9.17, 15) is 0 Å². The first-order chi connectivity index (χ1) is 5.70. The topological polar surface area (TPSA) is 0 Å². The average Bonchev–Trinajstić information content (AvgIpc) is 2.11. The molecule has 0 saturated carbocycles. The first kappa shape index (κ1) is 12.0. The lowest BCUT2D eigenvalue weighted by Gasteiger charge is -2.10. The van der Waals surface area contributed by atoms with E-state index in [1.165, 1.54) is 38.5 Å². The van der Waals surface area contributed by atoms with Gasteiger partial charge in [-0.1, -0.05) is 66.2 Å². The van der Waals surface area contributed by atoms with Gasteiger partial charge in [-0.25, -0.2) is 0 Å². The molecule has 0 aliphatic rings. The standard InChI is InChI=1S/C12H26/c1-5-11(3)9-7-8-10-12(4)6-2/h11-12H,5-10H2,1-4H3. The van der Waals surface area contributed by atoms with E-state index in [2.05, 4.69) is 27.7 Å². The molecular weight excluding hydrogens is 144 g/mol. The van der Waals surface area contributed by atoms with Crippen LogP contribution in [0.15, 0.2) is 0 Å². The van der Waals surface area contributed by atoms with Gasteiger partial charge in [-0.3, -0.25) is 0 Å². The summed E-state index contributed by atoms with van der Waals surface area (Å²) >= 11 is 0. The van der Waals surface area contributed by atoms with Crippen LogP contribution in [0.4, 0.5) is 0 Å². The molecule has 0 radical (unpaired) electrons. The summed E-state index contributed by atoms with van der Waals surface area (Å²) in [6.45, 7) is 9.31. The van der Waals surface area contributed by atoms with E-state index in [0.717, 1.165) is 11.8 Å². The van der Waals surface area contributed by atoms with Crippen molar-refractivity contribution in [1.82, 2.24) is 0 Å². The molecule has 0 aliphatic heterocycles. The van der Waals surface area contributed by atoms with Gasteiger partial charge in [-0.2, -0.15) is 0 Å². The van der Waals surface area contributed by atoms with Crippen molar-refractivity contribution >= 4 is 0 Å². The van der Waals surface area contributed by atoms with Crippen molar-refractivity contribution in [3.63, 3.8) is 0 Å². The minimum atomic E-state index is 0.946. The highest BCUT2D eigenvalue weighted by atomic mass is 14.1. The number of hydrogen-bond acceptors (Lipinski definition) is 0. The van der Waals surface area contributed by atoms with Gasteiger partial charge in [0.1, 0.15) is 0 Å². The van der Waals surface area contributed by atoms with Crippen LogP contribution >= 0.6 is 0 Å². The fourth-order valence-corrected chi connectivity index (χ4v) is 1.39. The lowest BCUT2D eigenvalue weighted by Crippen LogP contribution is -1.95. The molecule has 0 rings (SSSR count). The Bertz CT molecular complexity index is 74.0. The molecule has 0 amide bonds. The SMILES string of the molecule is CCC(C)CCCCC(C)CC. The average molecular weight is 170 g/mol. The van der Waals surface area contributed by atoms with E-state index in [-0.39, 0.29) is 0 Å². The Morgan fingerprint density at radius 3 is 1.33 bits per heavy atom. The van der Waals surface area contributed by atoms with E-state index in [1.807, 2.05) is 0 Å². The molecule has 0 saturated heterocycles. The summed E-state index contributed by atoms with van der Waals surface area (Å²) in [6, 6.07) is 0. The van der Waals surface area contributed by atoms with Crippen LogP contribution < -0.4 is 0 Å². The molecule has 0 heterocycles. The summed E-state index contributed by atoms with van der Waals surface area (Å²) < 4.78 is 0. The largest absolute Gasteiger partial charge is 0.0651 e. The maximum absolute atomic E-state index is 2.36. The van der Waals surface area contributed by atoms with Crippen molar-refractivity contribution in [3.05, 3.63) is 0 Å². The zero-order chi connectivity index (χ0) is 9.40. The van der Waals surface area contributed by atoms with E-state index < -0.39 is 0 Å². The molecule has 0 heteroatoms. The van der Waals surface area contributed by atoms with E-state index in [4.69, 9.17) is 0 Å². The van der Waals surface area contributed by atoms with Crippen LogP contribution in [0, 0.1) is 11.8 Å². The van der Waals surface area contributed by atoms with Crippen LogP contribution in [0.3, 0.4) is 0 Å². The van der Waals surface area contributed by atoms with Crippen molar-refractivity contribution in [2.24, 2.45) is 11.8 Å². The molecule has 0 bridgehead atoms. The first-order valence-corrected chi connectivity index (χ1v) is 5.70. The van der Waals surface area contributed by atoms with Crippen molar-refractivity contribution < 1.29 is 0 Å². The van der Waals surface area contributed by atoms with Crippen molar-refractivity contribution in [1.29, 1.82) is 0 Å². The zero-order valence-corrected chi connectivity index (χ0v) is 9.40. The molecule has 0 spiro atoms. The van der Waals surface area contributed by atoms with E-state index in [1.54, 1.807) is 0 Å². The maximum Gasteiger partial charge on any atom is -0.0445 e. The van der Waals surface area contributed by atoms with Gasteiger partial charge in [0.2, 0.25) is 0 Å².